The van der Waals surface area contributed by atoms with Crippen molar-refractivity contribution in [2.24, 2.45) is 11.8 Å². The molecule has 4 rings (SSSR count). The summed E-state index contributed by atoms with van der Waals surface area (Å²) in [6, 6.07) is 11.4. The Morgan fingerprint density at radius 3 is 2.54 bits per heavy atom. The van der Waals surface area contributed by atoms with Gasteiger partial charge in [0.25, 0.3) is 11.5 Å². The summed E-state index contributed by atoms with van der Waals surface area (Å²) < 4.78 is 1.99. The van der Waals surface area contributed by atoms with Gasteiger partial charge in [-0.05, 0) is 47.6 Å². The molecule has 0 unspecified atom stereocenters. The van der Waals surface area contributed by atoms with Crippen LogP contribution in [-0.4, -0.2) is 42.1 Å². The predicted molar refractivity (Wildman–Crippen MR) is 112 cm³/mol. The third-order valence-corrected chi connectivity index (χ3v) is 5.96. The summed E-state index contributed by atoms with van der Waals surface area (Å²) in [5.41, 5.74) is 3.81. The van der Waals surface area contributed by atoms with Gasteiger partial charge in [-0.1, -0.05) is 26.0 Å². The Kier molecular flexibility index (Phi) is 5.11. The van der Waals surface area contributed by atoms with Crippen LogP contribution in [0.4, 0.5) is 0 Å². The quantitative estimate of drug-likeness (QED) is 0.889. The molecule has 2 atom stereocenters. The Hall–Kier alpha value is -2.40. The average molecular weight is 380 g/mol. The first-order valence-corrected chi connectivity index (χ1v) is 10.2. The lowest BCUT2D eigenvalue weighted by atomic mass is 9.82. The van der Waals surface area contributed by atoms with Gasteiger partial charge in [-0.15, -0.1) is 0 Å². The van der Waals surface area contributed by atoms with Gasteiger partial charge in [0, 0.05) is 56.5 Å². The first kappa shape index (κ1) is 18.9. The van der Waals surface area contributed by atoms with E-state index in [1.807, 2.05) is 28.8 Å². The standard InChI is InChI=1S/C23H29N3O2/c1-15(2)11-25-12-16-8-20(14-25)21-9-19(10-22(27)26(21)13-16)17-4-6-18(7-5-17)23(28)24-3/h4-7,9-10,15-16,20H,8,11-14H2,1-3H3,(H,24,28)/t16-,20+/m0/s1. The summed E-state index contributed by atoms with van der Waals surface area (Å²) in [4.78, 5) is 27.2. The van der Waals surface area contributed by atoms with Gasteiger partial charge >= 0.3 is 0 Å². The highest BCUT2D eigenvalue weighted by molar-refractivity contribution is 5.94. The Morgan fingerprint density at radius 1 is 1.11 bits per heavy atom. The van der Waals surface area contributed by atoms with E-state index in [2.05, 4.69) is 30.1 Å². The first-order chi connectivity index (χ1) is 13.4. The molecule has 0 radical (unpaired) electrons. The van der Waals surface area contributed by atoms with Gasteiger partial charge in [-0.2, -0.15) is 0 Å². The van der Waals surface area contributed by atoms with Crippen molar-refractivity contribution in [1.82, 2.24) is 14.8 Å². The fourth-order valence-electron chi connectivity index (χ4n) is 4.85. The molecule has 0 saturated carbocycles. The van der Waals surface area contributed by atoms with E-state index >= 15 is 0 Å². The summed E-state index contributed by atoms with van der Waals surface area (Å²) in [6.07, 6.45) is 1.17. The molecule has 1 aromatic heterocycles. The van der Waals surface area contributed by atoms with Gasteiger partial charge in [0.05, 0.1) is 0 Å². The Labute approximate surface area is 166 Å². The lowest BCUT2D eigenvalue weighted by molar-refractivity contribution is 0.0963. The highest BCUT2D eigenvalue weighted by Gasteiger charge is 2.34. The zero-order valence-corrected chi connectivity index (χ0v) is 16.9. The number of amides is 1. The normalized spacial score (nSPS) is 21.4. The van der Waals surface area contributed by atoms with Crippen molar-refractivity contribution in [3.05, 3.63) is 58.0 Å². The van der Waals surface area contributed by atoms with E-state index in [-0.39, 0.29) is 11.5 Å². The van der Waals surface area contributed by atoms with Crippen LogP contribution in [0.15, 0.2) is 41.2 Å². The van der Waals surface area contributed by atoms with Crippen LogP contribution in [0.5, 0.6) is 0 Å². The number of nitrogens with zero attached hydrogens (tertiary/aromatic N) is 2. The largest absolute Gasteiger partial charge is 0.355 e. The third-order valence-electron chi connectivity index (χ3n) is 5.96. The summed E-state index contributed by atoms with van der Waals surface area (Å²) in [7, 11) is 1.63. The van der Waals surface area contributed by atoms with Crippen LogP contribution < -0.4 is 10.9 Å². The molecule has 2 bridgehead atoms. The number of likely N-dealkylation sites (tertiary alicyclic amines) is 1. The third kappa shape index (κ3) is 3.63. The zero-order chi connectivity index (χ0) is 19.8. The van der Waals surface area contributed by atoms with Crippen LogP contribution in [-0.2, 0) is 6.54 Å². The van der Waals surface area contributed by atoms with Gasteiger partial charge in [-0.25, -0.2) is 0 Å². The van der Waals surface area contributed by atoms with E-state index in [4.69, 9.17) is 0 Å². The van der Waals surface area contributed by atoms with E-state index < -0.39 is 0 Å². The number of aromatic nitrogens is 1. The molecule has 5 nitrogen and oxygen atoms in total. The summed E-state index contributed by atoms with van der Waals surface area (Å²) in [5, 5.41) is 2.64. The van der Waals surface area contributed by atoms with Crippen molar-refractivity contribution in [1.29, 1.82) is 0 Å². The van der Waals surface area contributed by atoms with Crippen LogP contribution >= 0.6 is 0 Å². The fraction of sp³-hybridized carbons (Fsp3) is 0.478. The van der Waals surface area contributed by atoms with E-state index in [0.717, 1.165) is 37.3 Å². The molecule has 2 aromatic rings. The van der Waals surface area contributed by atoms with Crippen molar-refractivity contribution in [2.75, 3.05) is 26.7 Å². The first-order valence-electron chi connectivity index (χ1n) is 10.2. The van der Waals surface area contributed by atoms with Crippen LogP contribution in [0.25, 0.3) is 11.1 Å². The minimum absolute atomic E-state index is 0.0925. The van der Waals surface area contributed by atoms with Crippen LogP contribution in [0, 0.1) is 11.8 Å². The summed E-state index contributed by atoms with van der Waals surface area (Å²) in [6.45, 7) is 8.62. The van der Waals surface area contributed by atoms with E-state index in [0.29, 0.717) is 23.3 Å². The monoisotopic (exact) mass is 379 g/mol. The molecular formula is C23H29N3O2. The van der Waals surface area contributed by atoms with Crippen LogP contribution in [0.1, 0.15) is 42.2 Å². The number of hydrogen-bond donors (Lipinski definition) is 1. The second-order valence-corrected chi connectivity index (χ2v) is 8.69. The van der Waals surface area contributed by atoms with Crippen molar-refractivity contribution in [3.63, 3.8) is 0 Å². The van der Waals surface area contributed by atoms with Gasteiger partial charge in [-0.3, -0.25) is 9.59 Å². The topological polar surface area (TPSA) is 54.3 Å². The molecule has 1 fully saturated rings. The number of nitrogens with one attached hydrogen (secondary N) is 1. The minimum atomic E-state index is -0.101. The maximum Gasteiger partial charge on any atom is 0.251 e. The highest BCUT2D eigenvalue weighted by atomic mass is 16.1. The number of fused-ring (bicyclic) bond motifs is 4. The molecule has 5 heteroatoms. The molecule has 1 saturated heterocycles. The van der Waals surface area contributed by atoms with Gasteiger partial charge in [0.2, 0.25) is 0 Å². The molecule has 2 aliphatic heterocycles. The van der Waals surface area contributed by atoms with Crippen molar-refractivity contribution >= 4 is 5.91 Å². The lowest BCUT2D eigenvalue weighted by Gasteiger charge is -2.43. The molecule has 3 heterocycles. The lowest BCUT2D eigenvalue weighted by Crippen LogP contribution is -2.48. The van der Waals surface area contributed by atoms with E-state index in [1.165, 1.54) is 12.1 Å². The van der Waals surface area contributed by atoms with Crippen molar-refractivity contribution < 1.29 is 4.79 Å². The number of rotatable bonds is 4. The Morgan fingerprint density at radius 2 is 1.86 bits per heavy atom. The molecule has 0 aliphatic carbocycles. The zero-order valence-electron chi connectivity index (χ0n) is 16.9. The van der Waals surface area contributed by atoms with Crippen molar-refractivity contribution in [3.8, 4) is 11.1 Å². The molecule has 1 N–H and O–H groups in total. The SMILES string of the molecule is CNC(=O)c1ccc(-c2cc3n(c(=O)c2)C[C@H]2C[C@@H]3CN(CC(C)C)C2)cc1. The Bertz CT molecular complexity index is 930. The van der Waals surface area contributed by atoms with Crippen LogP contribution in [0.2, 0.25) is 0 Å². The Balaban J connectivity index is 1.66. The maximum absolute atomic E-state index is 12.9. The number of piperidine rings is 1. The summed E-state index contributed by atoms with van der Waals surface area (Å²) in [5.74, 6) is 1.55. The van der Waals surface area contributed by atoms with Crippen molar-refractivity contribution in [2.45, 2.75) is 32.7 Å². The maximum atomic E-state index is 12.9. The number of pyridine rings is 1. The fourth-order valence-corrected chi connectivity index (χ4v) is 4.85. The molecule has 2 aliphatic rings. The minimum Gasteiger partial charge on any atom is -0.355 e. The highest BCUT2D eigenvalue weighted by Crippen LogP contribution is 2.36. The molecular weight excluding hydrogens is 350 g/mol. The molecule has 0 spiro atoms. The molecule has 148 valence electrons. The van der Waals surface area contributed by atoms with Crippen LogP contribution in [0.3, 0.4) is 0 Å². The number of carbonyl (C=O) groups is 1. The summed E-state index contributed by atoms with van der Waals surface area (Å²) >= 11 is 0. The second kappa shape index (κ2) is 7.55. The van der Waals surface area contributed by atoms with Gasteiger partial charge < -0.3 is 14.8 Å². The second-order valence-electron chi connectivity index (χ2n) is 8.69. The van der Waals surface area contributed by atoms with E-state index in [9.17, 15) is 9.59 Å². The smallest absolute Gasteiger partial charge is 0.251 e. The van der Waals surface area contributed by atoms with Gasteiger partial charge in [0.15, 0.2) is 0 Å². The predicted octanol–water partition coefficient (Wildman–Crippen LogP) is 2.95. The number of benzene rings is 1. The molecule has 1 aromatic carbocycles. The number of carbonyl (C=O) groups excluding carboxylic acids is 1. The molecule has 28 heavy (non-hydrogen) atoms. The van der Waals surface area contributed by atoms with Gasteiger partial charge in [0.1, 0.15) is 0 Å². The molecule has 1 amide bonds. The number of hydrogen-bond acceptors (Lipinski definition) is 3. The average Bonchev–Trinajstić information content (AvgIpc) is 2.67. The van der Waals surface area contributed by atoms with E-state index in [1.54, 1.807) is 13.1 Å².